The van der Waals surface area contributed by atoms with Crippen molar-refractivity contribution < 1.29 is 8.42 Å². The molecule has 110 valence electrons. The van der Waals surface area contributed by atoms with E-state index in [-0.39, 0.29) is 12.1 Å². The van der Waals surface area contributed by atoms with Crippen molar-refractivity contribution in [2.45, 2.75) is 61.9 Å². The summed E-state index contributed by atoms with van der Waals surface area (Å²) in [6.07, 6.45) is 7.62. The van der Waals surface area contributed by atoms with Crippen molar-refractivity contribution in [3.63, 3.8) is 0 Å². The molecule has 1 aromatic carbocycles. The van der Waals surface area contributed by atoms with Crippen molar-refractivity contribution in [2.24, 2.45) is 0 Å². The summed E-state index contributed by atoms with van der Waals surface area (Å²) < 4.78 is 28.6. The molecule has 0 radical (unpaired) electrons. The molecule has 2 aliphatic rings. The SMILES string of the molecule is O=S(=O)(c1cccc(Br)c1)N(C1CCCCC1)C1CC1. The predicted octanol–water partition coefficient (Wildman–Crippen LogP) is 3.93. The third-order valence-corrected chi connectivity index (χ3v) is 6.71. The van der Waals surface area contributed by atoms with Gasteiger partial charge in [-0.05, 0) is 43.9 Å². The van der Waals surface area contributed by atoms with Crippen molar-refractivity contribution in [1.29, 1.82) is 0 Å². The van der Waals surface area contributed by atoms with Crippen LogP contribution in [0.4, 0.5) is 0 Å². The van der Waals surface area contributed by atoms with E-state index in [0.29, 0.717) is 4.90 Å². The molecular formula is C15H20BrNO2S. The molecule has 0 bridgehead atoms. The molecule has 0 saturated heterocycles. The van der Waals surface area contributed by atoms with E-state index in [2.05, 4.69) is 15.9 Å². The number of nitrogens with zero attached hydrogens (tertiary/aromatic N) is 1. The van der Waals surface area contributed by atoms with E-state index in [0.717, 1.165) is 43.0 Å². The van der Waals surface area contributed by atoms with Gasteiger partial charge < -0.3 is 0 Å². The molecule has 3 rings (SSSR count). The lowest BCUT2D eigenvalue weighted by atomic mass is 9.95. The van der Waals surface area contributed by atoms with Crippen molar-refractivity contribution >= 4 is 26.0 Å². The van der Waals surface area contributed by atoms with Crippen molar-refractivity contribution in [2.75, 3.05) is 0 Å². The number of sulfonamides is 1. The Balaban J connectivity index is 1.93. The van der Waals surface area contributed by atoms with Crippen LogP contribution in [-0.4, -0.2) is 24.8 Å². The Labute approximate surface area is 129 Å². The lowest BCUT2D eigenvalue weighted by Gasteiger charge is -2.33. The van der Waals surface area contributed by atoms with Gasteiger partial charge >= 0.3 is 0 Å². The minimum absolute atomic E-state index is 0.209. The Bertz CT molecular complexity index is 577. The average molecular weight is 358 g/mol. The van der Waals surface area contributed by atoms with Gasteiger partial charge in [0.25, 0.3) is 0 Å². The molecule has 3 nitrogen and oxygen atoms in total. The van der Waals surface area contributed by atoms with Gasteiger partial charge in [0, 0.05) is 16.6 Å². The molecule has 0 aromatic heterocycles. The van der Waals surface area contributed by atoms with E-state index < -0.39 is 10.0 Å². The van der Waals surface area contributed by atoms with Crippen molar-refractivity contribution in [3.05, 3.63) is 28.7 Å². The van der Waals surface area contributed by atoms with E-state index in [1.165, 1.54) is 6.42 Å². The van der Waals surface area contributed by atoms with Crippen LogP contribution in [0.3, 0.4) is 0 Å². The number of benzene rings is 1. The normalized spacial score (nSPS) is 21.3. The molecular weight excluding hydrogens is 338 g/mol. The van der Waals surface area contributed by atoms with E-state index in [1.54, 1.807) is 18.2 Å². The first kappa shape index (κ1) is 14.5. The third-order valence-electron chi connectivity index (χ3n) is 4.21. The number of halogens is 1. The first-order valence-corrected chi connectivity index (χ1v) is 9.61. The molecule has 0 N–H and O–H groups in total. The van der Waals surface area contributed by atoms with Crippen LogP contribution < -0.4 is 0 Å². The average Bonchev–Trinajstić information content (AvgIpc) is 3.24. The largest absolute Gasteiger partial charge is 0.243 e. The Morgan fingerprint density at radius 1 is 1.00 bits per heavy atom. The monoisotopic (exact) mass is 357 g/mol. The zero-order chi connectivity index (χ0) is 14.2. The molecule has 0 aliphatic heterocycles. The summed E-state index contributed by atoms with van der Waals surface area (Å²) in [5.41, 5.74) is 0. The second kappa shape index (κ2) is 5.78. The van der Waals surface area contributed by atoms with Crippen LogP contribution in [0, 0.1) is 0 Å². The number of rotatable bonds is 4. The summed E-state index contributed by atoms with van der Waals surface area (Å²) in [5, 5.41) is 0. The predicted molar refractivity (Wildman–Crippen MR) is 83.1 cm³/mol. The minimum Gasteiger partial charge on any atom is -0.207 e. The third kappa shape index (κ3) is 2.95. The quantitative estimate of drug-likeness (QED) is 0.818. The first-order chi connectivity index (χ1) is 9.59. The van der Waals surface area contributed by atoms with Crippen LogP contribution >= 0.6 is 15.9 Å². The van der Waals surface area contributed by atoms with E-state index >= 15 is 0 Å². The molecule has 2 saturated carbocycles. The molecule has 2 aliphatic carbocycles. The van der Waals surface area contributed by atoms with Crippen molar-refractivity contribution in [3.8, 4) is 0 Å². The van der Waals surface area contributed by atoms with Gasteiger partial charge in [-0.1, -0.05) is 41.3 Å². The van der Waals surface area contributed by atoms with Crippen molar-refractivity contribution in [1.82, 2.24) is 4.31 Å². The summed E-state index contributed by atoms with van der Waals surface area (Å²) in [7, 11) is -3.36. The van der Waals surface area contributed by atoms with Gasteiger partial charge in [0.1, 0.15) is 0 Å². The highest BCUT2D eigenvalue weighted by atomic mass is 79.9. The highest BCUT2D eigenvalue weighted by molar-refractivity contribution is 9.10. The second-order valence-electron chi connectivity index (χ2n) is 5.82. The fourth-order valence-corrected chi connectivity index (χ4v) is 5.63. The molecule has 0 atom stereocenters. The zero-order valence-electron chi connectivity index (χ0n) is 11.5. The van der Waals surface area contributed by atoms with Gasteiger partial charge in [-0.15, -0.1) is 0 Å². The standard InChI is InChI=1S/C15H20BrNO2S/c16-12-5-4-8-15(11-12)20(18,19)17(14-9-10-14)13-6-2-1-3-7-13/h4-5,8,11,13-14H,1-3,6-7,9-10H2. The Kier molecular flexibility index (Phi) is 4.20. The van der Waals surface area contributed by atoms with Gasteiger partial charge in [0.05, 0.1) is 4.90 Å². The number of hydrogen-bond donors (Lipinski definition) is 0. The van der Waals surface area contributed by atoms with E-state index in [4.69, 9.17) is 0 Å². The van der Waals surface area contributed by atoms with Crippen LogP contribution in [0.15, 0.2) is 33.6 Å². The lowest BCUT2D eigenvalue weighted by Crippen LogP contribution is -2.42. The van der Waals surface area contributed by atoms with Gasteiger partial charge in [-0.2, -0.15) is 4.31 Å². The highest BCUT2D eigenvalue weighted by Gasteiger charge is 2.42. The smallest absolute Gasteiger partial charge is 0.207 e. The lowest BCUT2D eigenvalue weighted by molar-refractivity contribution is 0.246. The Morgan fingerprint density at radius 3 is 2.25 bits per heavy atom. The molecule has 2 fully saturated rings. The topological polar surface area (TPSA) is 37.4 Å². The molecule has 5 heteroatoms. The first-order valence-electron chi connectivity index (χ1n) is 7.38. The van der Waals surface area contributed by atoms with Crippen LogP contribution in [-0.2, 0) is 10.0 Å². The van der Waals surface area contributed by atoms with Crippen LogP contribution in [0.2, 0.25) is 0 Å². The molecule has 20 heavy (non-hydrogen) atoms. The Hall–Kier alpha value is -0.390. The molecule has 0 heterocycles. The second-order valence-corrected chi connectivity index (χ2v) is 8.57. The van der Waals surface area contributed by atoms with Gasteiger partial charge in [-0.3, -0.25) is 0 Å². The number of hydrogen-bond acceptors (Lipinski definition) is 2. The Morgan fingerprint density at radius 2 is 1.65 bits per heavy atom. The highest BCUT2D eigenvalue weighted by Crippen LogP contribution is 2.38. The molecule has 0 unspecified atom stereocenters. The maximum atomic E-state index is 13.0. The maximum Gasteiger partial charge on any atom is 0.243 e. The summed E-state index contributed by atoms with van der Waals surface area (Å²) in [4.78, 5) is 0.421. The minimum atomic E-state index is -3.36. The molecule has 0 spiro atoms. The fraction of sp³-hybridized carbons (Fsp3) is 0.600. The molecule has 1 aromatic rings. The maximum absolute atomic E-state index is 13.0. The van der Waals surface area contributed by atoms with E-state index in [9.17, 15) is 8.42 Å². The zero-order valence-corrected chi connectivity index (χ0v) is 13.9. The summed E-state index contributed by atoms with van der Waals surface area (Å²) >= 11 is 3.37. The van der Waals surface area contributed by atoms with Crippen LogP contribution in [0.25, 0.3) is 0 Å². The summed E-state index contributed by atoms with van der Waals surface area (Å²) in [6, 6.07) is 7.53. The van der Waals surface area contributed by atoms with E-state index in [1.807, 2.05) is 10.4 Å². The summed E-state index contributed by atoms with van der Waals surface area (Å²) in [5.74, 6) is 0. The van der Waals surface area contributed by atoms with Crippen LogP contribution in [0.1, 0.15) is 44.9 Å². The summed E-state index contributed by atoms with van der Waals surface area (Å²) in [6.45, 7) is 0. The van der Waals surface area contributed by atoms with Gasteiger partial charge in [0.15, 0.2) is 0 Å². The fourth-order valence-electron chi connectivity index (χ4n) is 3.10. The van der Waals surface area contributed by atoms with Crippen LogP contribution in [0.5, 0.6) is 0 Å². The van der Waals surface area contributed by atoms with Gasteiger partial charge in [0.2, 0.25) is 10.0 Å². The molecule has 0 amide bonds. The van der Waals surface area contributed by atoms with Gasteiger partial charge in [-0.25, -0.2) is 8.42 Å².